The molecule has 92 valence electrons. The van der Waals surface area contributed by atoms with E-state index < -0.39 is 0 Å². The minimum Gasteiger partial charge on any atom is -0.396 e. The molecule has 5 heteroatoms. The standard InChI is InChI=1S/C12H15ClN2O2/c13-10-2-1-9(7-14-10)11(17)15-8-12(3-4-12)5-6-16/h1-2,7,16H,3-6,8H2,(H,15,17). The maximum Gasteiger partial charge on any atom is 0.252 e. The van der Waals surface area contributed by atoms with Gasteiger partial charge in [0.05, 0.1) is 5.56 Å². The molecule has 1 heterocycles. The predicted octanol–water partition coefficient (Wildman–Crippen LogP) is 1.63. The van der Waals surface area contributed by atoms with Crippen LogP contribution in [0.1, 0.15) is 29.6 Å². The maximum absolute atomic E-state index is 11.8. The molecular weight excluding hydrogens is 240 g/mol. The van der Waals surface area contributed by atoms with E-state index in [0.717, 1.165) is 19.3 Å². The van der Waals surface area contributed by atoms with Crippen LogP contribution in [0.25, 0.3) is 0 Å². The van der Waals surface area contributed by atoms with Gasteiger partial charge in [-0.3, -0.25) is 4.79 Å². The van der Waals surface area contributed by atoms with E-state index in [2.05, 4.69) is 10.3 Å². The largest absolute Gasteiger partial charge is 0.396 e. The number of aliphatic hydroxyl groups is 1. The fourth-order valence-electron chi connectivity index (χ4n) is 1.81. The molecule has 0 radical (unpaired) electrons. The van der Waals surface area contributed by atoms with Crippen LogP contribution in [0.3, 0.4) is 0 Å². The topological polar surface area (TPSA) is 62.2 Å². The summed E-state index contributed by atoms with van der Waals surface area (Å²) in [5.74, 6) is -0.140. The van der Waals surface area contributed by atoms with Gasteiger partial charge in [0.25, 0.3) is 5.91 Å². The van der Waals surface area contributed by atoms with Gasteiger partial charge in [-0.2, -0.15) is 0 Å². The number of carbonyl (C=O) groups is 1. The Morgan fingerprint density at radius 3 is 2.82 bits per heavy atom. The molecule has 4 nitrogen and oxygen atoms in total. The van der Waals surface area contributed by atoms with Crippen molar-refractivity contribution >= 4 is 17.5 Å². The summed E-state index contributed by atoms with van der Waals surface area (Å²) in [5, 5.41) is 12.2. The summed E-state index contributed by atoms with van der Waals surface area (Å²) < 4.78 is 0. The molecular formula is C12H15ClN2O2. The Hall–Kier alpha value is -1.13. The Kier molecular flexibility index (Phi) is 3.64. The summed E-state index contributed by atoms with van der Waals surface area (Å²) in [6, 6.07) is 3.24. The SMILES string of the molecule is O=C(NCC1(CCO)CC1)c1ccc(Cl)nc1. The fourth-order valence-corrected chi connectivity index (χ4v) is 1.92. The third kappa shape index (κ3) is 3.17. The highest BCUT2D eigenvalue weighted by Crippen LogP contribution is 2.47. The van der Waals surface area contributed by atoms with Gasteiger partial charge in [-0.1, -0.05) is 11.6 Å². The Bertz CT molecular complexity index is 401. The summed E-state index contributed by atoms with van der Waals surface area (Å²) in [6.07, 6.45) is 4.37. The summed E-state index contributed by atoms with van der Waals surface area (Å²) in [6.45, 7) is 0.799. The second-order valence-corrected chi connectivity index (χ2v) is 4.91. The van der Waals surface area contributed by atoms with E-state index >= 15 is 0 Å². The predicted molar refractivity (Wildman–Crippen MR) is 65.0 cm³/mol. The van der Waals surface area contributed by atoms with Crippen LogP contribution in [0.5, 0.6) is 0 Å². The van der Waals surface area contributed by atoms with Crippen molar-refractivity contribution in [2.24, 2.45) is 5.41 Å². The van der Waals surface area contributed by atoms with Gasteiger partial charge < -0.3 is 10.4 Å². The molecule has 1 aromatic rings. The molecule has 0 saturated heterocycles. The summed E-state index contributed by atoms with van der Waals surface area (Å²) in [5.41, 5.74) is 0.638. The monoisotopic (exact) mass is 254 g/mol. The number of carbonyl (C=O) groups excluding carboxylic acids is 1. The van der Waals surface area contributed by atoms with Crippen LogP contribution < -0.4 is 5.32 Å². The molecule has 1 aliphatic carbocycles. The van der Waals surface area contributed by atoms with Crippen LogP contribution in [0.15, 0.2) is 18.3 Å². The van der Waals surface area contributed by atoms with E-state index in [-0.39, 0.29) is 17.9 Å². The molecule has 0 atom stereocenters. The van der Waals surface area contributed by atoms with Crippen LogP contribution in [0.2, 0.25) is 5.15 Å². The second-order valence-electron chi connectivity index (χ2n) is 4.53. The van der Waals surface area contributed by atoms with E-state index in [9.17, 15) is 4.79 Å². The van der Waals surface area contributed by atoms with Crippen LogP contribution in [-0.2, 0) is 0 Å². The smallest absolute Gasteiger partial charge is 0.252 e. The highest BCUT2D eigenvalue weighted by atomic mass is 35.5. The van der Waals surface area contributed by atoms with Gasteiger partial charge in [0, 0.05) is 19.3 Å². The molecule has 1 aliphatic rings. The van der Waals surface area contributed by atoms with E-state index in [4.69, 9.17) is 16.7 Å². The van der Waals surface area contributed by atoms with Crippen molar-refractivity contribution in [1.82, 2.24) is 10.3 Å². The second kappa shape index (κ2) is 5.02. The Morgan fingerprint density at radius 2 is 2.29 bits per heavy atom. The van der Waals surface area contributed by atoms with Gasteiger partial charge in [-0.25, -0.2) is 4.98 Å². The number of hydrogen-bond acceptors (Lipinski definition) is 3. The van der Waals surface area contributed by atoms with Gasteiger partial charge >= 0.3 is 0 Å². The first-order valence-corrected chi connectivity index (χ1v) is 6.04. The first kappa shape index (κ1) is 12.3. The van der Waals surface area contributed by atoms with Gasteiger partial charge in [0.2, 0.25) is 0 Å². The molecule has 0 aliphatic heterocycles. The molecule has 2 rings (SSSR count). The molecule has 0 bridgehead atoms. The van der Waals surface area contributed by atoms with Crippen molar-refractivity contribution in [2.45, 2.75) is 19.3 Å². The number of hydrogen-bond donors (Lipinski definition) is 2. The lowest BCUT2D eigenvalue weighted by Crippen LogP contribution is -2.30. The molecule has 1 aromatic heterocycles. The maximum atomic E-state index is 11.8. The van der Waals surface area contributed by atoms with Crippen molar-refractivity contribution in [1.29, 1.82) is 0 Å². The Morgan fingerprint density at radius 1 is 1.53 bits per heavy atom. The number of pyridine rings is 1. The van der Waals surface area contributed by atoms with Crippen molar-refractivity contribution in [3.8, 4) is 0 Å². The summed E-state index contributed by atoms with van der Waals surface area (Å²) in [7, 11) is 0. The van der Waals surface area contributed by atoms with Crippen molar-refractivity contribution in [3.63, 3.8) is 0 Å². The quantitative estimate of drug-likeness (QED) is 0.785. The molecule has 1 saturated carbocycles. The average Bonchev–Trinajstić information content (AvgIpc) is 3.08. The van der Waals surface area contributed by atoms with Crippen LogP contribution in [-0.4, -0.2) is 29.1 Å². The molecule has 1 amide bonds. The number of aromatic nitrogens is 1. The minimum atomic E-state index is -0.140. The number of halogens is 1. The van der Waals surface area contributed by atoms with E-state index in [1.54, 1.807) is 12.1 Å². The van der Waals surface area contributed by atoms with E-state index in [1.165, 1.54) is 6.20 Å². The third-order valence-electron chi connectivity index (χ3n) is 3.21. The number of rotatable bonds is 5. The van der Waals surface area contributed by atoms with Gasteiger partial charge in [-0.15, -0.1) is 0 Å². The molecule has 0 unspecified atom stereocenters. The lowest BCUT2D eigenvalue weighted by atomic mass is 10.0. The number of amides is 1. The Balaban J connectivity index is 1.87. The highest BCUT2D eigenvalue weighted by Gasteiger charge is 2.41. The fraction of sp³-hybridized carbons (Fsp3) is 0.500. The Labute approximate surface area is 105 Å². The average molecular weight is 255 g/mol. The van der Waals surface area contributed by atoms with Crippen molar-refractivity contribution < 1.29 is 9.90 Å². The minimum absolute atomic E-state index is 0.129. The third-order valence-corrected chi connectivity index (χ3v) is 3.44. The van der Waals surface area contributed by atoms with Crippen molar-refractivity contribution in [3.05, 3.63) is 29.0 Å². The normalized spacial score (nSPS) is 16.6. The lowest BCUT2D eigenvalue weighted by molar-refractivity contribution is 0.0940. The first-order valence-electron chi connectivity index (χ1n) is 5.66. The summed E-state index contributed by atoms with van der Waals surface area (Å²) in [4.78, 5) is 15.6. The van der Waals surface area contributed by atoms with Crippen LogP contribution in [0, 0.1) is 5.41 Å². The molecule has 17 heavy (non-hydrogen) atoms. The zero-order chi connectivity index (χ0) is 12.3. The van der Waals surface area contributed by atoms with Crippen LogP contribution in [0.4, 0.5) is 0 Å². The number of nitrogens with one attached hydrogen (secondary N) is 1. The van der Waals surface area contributed by atoms with Gasteiger partial charge in [0.15, 0.2) is 0 Å². The van der Waals surface area contributed by atoms with E-state index in [1.807, 2.05) is 0 Å². The zero-order valence-electron chi connectivity index (χ0n) is 9.45. The molecule has 2 N–H and O–H groups in total. The summed E-state index contributed by atoms with van der Waals surface area (Å²) >= 11 is 5.65. The van der Waals surface area contributed by atoms with Gasteiger partial charge in [-0.05, 0) is 36.8 Å². The molecule has 0 aromatic carbocycles. The first-order chi connectivity index (χ1) is 8.15. The molecule has 1 fully saturated rings. The van der Waals surface area contributed by atoms with Crippen LogP contribution >= 0.6 is 11.6 Å². The highest BCUT2D eigenvalue weighted by molar-refractivity contribution is 6.29. The number of aliphatic hydroxyl groups excluding tert-OH is 1. The molecule has 0 spiro atoms. The van der Waals surface area contributed by atoms with E-state index in [0.29, 0.717) is 17.3 Å². The zero-order valence-corrected chi connectivity index (χ0v) is 10.2. The lowest BCUT2D eigenvalue weighted by Gasteiger charge is -2.14. The van der Waals surface area contributed by atoms with Gasteiger partial charge in [0.1, 0.15) is 5.15 Å². The van der Waals surface area contributed by atoms with Crippen molar-refractivity contribution in [2.75, 3.05) is 13.2 Å². The number of nitrogens with zero attached hydrogens (tertiary/aromatic N) is 1.